The van der Waals surface area contributed by atoms with Crippen LogP contribution < -0.4 is 18.9 Å². The summed E-state index contributed by atoms with van der Waals surface area (Å²) in [6.07, 6.45) is 1.67. The van der Waals surface area contributed by atoms with Crippen LogP contribution in [-0.4, -0.2) is 20.0 Å². The van der Waals surface area contributed by atoms with Crippen molar-refractivity contribution in [2.75, 3.05) is 14.2 Å². The number of fused-ring (bicyclic) bond motifs is 1. The van der Waals surface area contributed by atoms with E-state index in [1.165, 1.54) is 0 Å². The molecule has 0 atom stereocenters. The molecule has 6 heteroatoms. The number of Topliss-reactive ketones (excluding diaryl/α,β-unsaturated/α-hetero) is 1. The summed E-state index contributed by atoms with van der Waals surface area (Å²) in [6, 6.07) is 16.9. The molecule has 0 saturated carbocycles. The lowest BCUT2D eigenvalue weighted by molar-refractivity contribution is 0.101. The number of carbonyl (C=O) groups excluding carboxylic acids is 1. The monoisotopic (exact) mass is 480 g/mol. The molecular weight excluding hydrogens is 460 g/mol. The maximum absolute atomic E-state index is 12.9. The van der Waals surface area contributed by atoms with E-state index in [2.05, 4.69) is 15.9 Å². The quantitative estimate of drug-likeness (QED) is 0.406. The van der Waals surface area contributed by atoms with Crippen molar-refractivity contribution in [3.8, 4) is 23.0 Å². The molecule has 1 heterocycles. The van der Waals surface area contributed by atoms with Gasteiger partial charge in [0.15, 0.2) is 5.76 Å². The predicted octanol–water partition coefficient (Wildman–Crippen LogP) is 5.97. The second-order valence-electron chi connectivity index (χ2n) is 7.03. The van der Waals surface area contributed by atoms with Crippen molar-refractivity contribution in [1.82, 2.24) is 0 Å². The Bertz CT molecular complexity index is 1170. The Hall–Kier alpha value is -3.25. The average Bonchev–Trinajstić information content (AvgIpc) is 3.10. The summed E-state index contributed by atoms with van der Waals surface area (Å²) in [5.74, 6) is 2.53. The molecule has 0 unspecified atom stereocenters. The minimum atomic E-state index is -0.178. The normalized spacial score (nSPS) is 13.7. The van der Waals surface area contributed by atoms with Crippen LogP contribution in [-0.2, 0) is 6.61 Å². The van der Waals surface area contributed by atoms with Crippen LogP contribution in [0.2, 0.25) is 0 Å². The third-order valence-corrected chi connectivity index (χ3v) is 5.60. The van der Waals surface area contributed by atoms with Gasteiger partial charge in [0.2, 0.25) is 5.78 Å². The first-order valence-electron chi connectivity index (χ1n) is 9.67. The highest BCUT2D eigenvalue weighted by Crippen LogP contribution is 2.40. The maximum Gasteiger partial charge on any atom is 0.231 e. The van der Waals surface area contributed by atoms with Crippen LogP contribution >= 0.6 is 15.9 Å². The fraction of sp³-hybridized carbons (Fsp3) is 0.160. The minimum Gasteiger partial charge on any atom is -0.497 e. The number of ether oxygens (including phenoxy) is 4. The van der Waals surface area contributed by atoms with E-state index < -0.39 is 0 Å². The zero-order chi connectivity index (χ0) is 22.0. The first kappa shape index (κ1) is 21.0. The van der Waals surface area contributed by atoms with Crippen molar-refractivity contribution in [1.29, 1.82) is 0 Å². The molecule has 0 aromatic heterocycles. The van der Waals surface area contributed by atoms with Gasteiger partial charge in [-0.3, -0.25) is 4.79 Å². The number of rotatable bonds is 6. The first-order valence-corrected chi connectivity index (χ1v) is 10.5. The molecule has 4 rings (SSSR count). The molecule has 0 amide bonds. The number of halogens is 1. The van der Waals surface area contributed by atoms with Crippen LogP contribution in [0.5, 0.6) is 23.0 Å². The standard InChI is InChI=1S/C25H21BrO5/c1-15-21(30-14-16-4-6-18(26)7-5-16)11-9-20-24(27)23(31-25(15)20)13-17-12-19(28-2)8-10-22(17)29-3/h4-13H,14H2,1-3H3/b23-13-. The first-order chi connectivity index (χ1) is 15.0. The second kappa shape index (κ2) is 8.86. The lowest BCUT2D eigenvalue weighted by Gasteiger charge is -2.11. The Balaban J connectivity index is 1.60. The Morgan fingerprint density at radius 1 is 0.968 bits per heavy atom. The molecule has 0 N–H and O–H groups in total. The summed E-state index contributed by atoms with van der Waals surface area (Å²) in [5.41, 5.74) is 3.04. The number of hydrogen-bond donors (Lipinski definition) is 0. The van der Waals surface area contributed by atoms with E-state index in [-0.39, 0.29) is 11.5 Å². The highest BCUT2D eigenvalue weighted by atomic mass is 79.9. The maximum atomic E-state index is 12.9. The molecule has 1 aliphatic heterocycles. The summed E-state index contributed by atoms with van der Waals surface area (Å²) in [5, 5.41) is 0. The Morgan fingerprint density at radius 3 is 2.42 bits per heavy atom. The lowest BCUT2D eigenvalue weighted by Crippen LogP contribution is -1.99. The SMILES string of the molecule is COc1ccc(OC)c(/C=C2\Oc3c(ccc(OCc4ccc(Br)cc4)c3C)C2=O)c1. The smallest absolute Gasteiger partial charge is 0.231 e. The summed E-state index contributed by atoms with van der Waals surface area (Å²) >= 11 is 3.43. The average molecular weight is 481 g/mol. The lowest BCUT2D eigenvalue weighted by atomic mass is 10.1. The van der Waals surface area contributed by atoms with E-state index >= 15 is 0 Å². The van der Waals surface area contributed by atoms with Gasteiger partial charge in [0.25, 0.3) is 0 Å². The van der Waals surface area contributed by atoms with E-state index in [0.717, 1.165) is 15.6 Å². The van der Waals surface area contributed by atoms with E-state index in [9.17, 15) is 4.79 Å². The van der Waals surface area contributed by atoms with Gasteiger partial charge < -0.3 is 18.9 Å². The molecule has 0 aliphatic carbocycles. The molecule has 31 heavy (non-hydrogen) atoms. The van der Waals surface area contributed by atoms with E-state index in [1.807, 2.05) is 37.3 Å². The highest BCUT2D eigenvalue weighted by molar-refractivity contribution is 9.10. The van der Waals surface area contributed by atoms with Gasteiger partial charge in [-0.25, -0.2) is 0 Å². The van der Waals surface area contributed by atoms with E-state index in [4.69, 9.17) is 18.9 Å². The molecule has 1 aliphatic rings. The molecule has 0 saturated heterocycles. The van der Waals surface area contributed by atoms with Gasteiger partial charge in [0, 0.05) is 15.6 Å². The second-order valence-corrected chi connectivity index (χ2v) is 7.94. The molecule has 3 aromatic rings. The van der Waals surface area contributed by atoms with Gasteiger partial charge in [-0.05, 0) is 61.0 Å². The predicted molar refractivity (Wildman–Crippen MR) is 122 cm³/mol. The summed E-state index contributed by atoms with van der Waals surface area (Å²) in [4.78, 5) is 12.9. The summed E-state index contributed by atoms with van der Waals surface area (Å²) in [6.45, 7) is 2.31. The Morgan fingerprint density at radius 2 is 1.71 bits per heavy atom. The number of methoxy groups -OCH3 is 2. The third-order valence-electron chi connectivity index (χ3n) is 5.07. The van der Waals surface area contributed by atoms with Gasteiger partial charge in [-0.2, -0.15) is 0 Å². The largest absolute Gasteiger partial charge is 0.497 e. The third kappa shape index (κ3) is 4.30. The van der Waals surface area contributed by atoms with Crippen LogP contribution in [0.25, 0.3) is 6.08 Å². The van der Waals surface area contributed by atoms with Crippen molar-refractivity contribution in [2.45, 2.75) is 13.5 Å². The molecule has 158 valence electrons. The topological polar surface area (TPSA) is 54.0 Å². The number of ketones is 1. The number of benzene rings is 3. The fourth-order valence-corrected chi connectivity index (χ4v) is 3.62. The molecular formula is C25H21BrO5. The van der Waals surface area contributed by atoms with Crippen molar-refractivity contribution >= 4 is 27.8 Å². The van der Waals surface area contributed by atoms with Crippen molar-refractivity contribution in [2.24, 2.45) is 0 Å². The van der Waals surface area contributed by atoms with E-state index in [1.54, 1.807) is 44.6 Å². The minimum absolute atomic E-state index is 0.178. The van der Waals surface area contributed by atoms with E-state index in [0.29, 0.717) is 40.7 Å². The number of allylic oxidation sites excluding steroid dienone is 1. The molecule has 0 bridgehead atoms. The van der Waals surface area contributed by atoms with Gasteiger partial charge in [-0.1, -0.05) is 28.1 Å². The molecule has 0 spiro atoms. The van der Waals surface area contributed by atoms with Gasteiger partial charge in [0.1, 0.15) is 29.6 Å². The van der Waals surface area contributed by atoms with Crippen molar-refractivity contribution < 1.29 is 23.7 Å². The fourth-order valence-electron chi connectivity index (χ4n) is 3.36. The van der Waals surface area contributed by atoms with Crippen LogP contribution in [0.1, 0.15) is 27.0 Å². The van der Waals surface area contributed by atoms with Crippen LogP contribution in [0.15, 0.2) is 64.8 Å². The molecule has 5 nitrogen and oxygen atoms in total. The Kier molecular flexibility index (Phi) is 6.00. The molecule has 0 fully saturated rings. The number of carbonyl (C=O) groups is 1. The molecule has 0 radical (unpaired) electrons. The Labute approximate surface area is 189 Å². The van der Waals surface area contributed by atoms with Crippen molar-refractivity contribution in [3.63, 3.8) is 0 Å². The van der Waals surface area contributed by atoms with Gasteiger partial charge >= 0.3 is 0 Å². The van der Waals surface area contributed by atoms with Crippen LogP contribution in [0.4, 0.5) is 0 Å². The highest BCUT2D eigenvalue weighted by Gasteiger charge is 2.30. The van der Waals surface area contributed by atoms with Gasteiger partial charge in [-0.15, -0.1) is 0 Å². The summed E-state index contributed by atoms with van der Waals surface area (Å²) in [7, 11) is 3.17. The van der Waals surface area contributed by atoms with Crippen molar-refractivity contribution in [3.05, 3.63) is 87.1 Å². The zero-order valence-electron chi connectivity index (χ0n) is 17.4. The zero-order valence-corrected chi connectivity index (χ0v) is 19.0. The van der Waals surface area contributed by atoms with Gasteiger partial charge in [0.05, 0.1) is 19.8 Å². The number of hydrogen-bond acceptors (Lipinski definition) is 5. The molecule has 3 aromatic carbocycles. The summed E-state index contributed by atoms with van der Waals surface area (Å²) < 4.78 is 23.6. The van der Waals surface area contributed by atoms with Crippen LogP contribution in [0.3, 0.4) is 0 Å². The van der Waals surface area contributed by atoms with Crippen LogP contribution in [0, 0.1) is 6.92 Å².